The van der Waals surface area contributed by atoms with Crippen molar-refractivity contribution in [2.75, 3.05) is 12.4 Å². The highest BCUT2D eigenvalue weighted by atomic mass is 16.5. The van der Waals surface area contributed by atoms with Gasteiger partial charge in [0.2, 0.25) is 11.8 Å². The molecule has 0 aliphatic rings. The van der Waals surface area contributed by atoms with Crippen molar-refractivity contribution in [3.05, 3.63) is 42.0 Å². The molecule has 1 amide bonds. The number of rotatable bonds is 6. The van der Waals surface area contributed by atoms with Crippen LogP contribution in [-0.2, 0) is 18.3 Å². The van der Waals surface area contributed by atoms with Crippen LogP contribution in [0.4, 0.5) is 5.69 Å². The van der Waals surface area contributed by atoms with Gasteiger partial charge in [0.15, 0.2) is 11.5 Å². The van der Waals surface area contributed by atoms with Gasteiger partial charge in [0.25, 0.3) is 0 Å². The number of hydrogen-bond donors (Lipinski definition) is 1. The van der Waals surface area contributed by atoms with Gasteiger partial charge in [0.05, 0.1) is 18.1 Å². The van der Waals surface area contributed by atoms with Crippen molar-refractivity contribution in [2.24, 2.45) is 7.05 Å². The lowest BCUT2D eigenvalue weighted by molar-refractivity contribution is -0.116. The summed E-state index contributed by atoms with van der Waals surface area (Å²) >= 11 is 0. The molecule has 9 heteroatoms. The molecule has 29 heavy (non-hydrogen) atoms. The van der Waals surface area contributed by atoms with Crippen LogP contribution in [0, 0.1) is 0 Å². The van der Waals surface area contributed by atoms with Crippen molar-refractivity contribution < 1.29 is 9.53 Å². The standard InChI is InChI=1S/C20H23N7O2/c1-12(2)20-22-14-11-13(5-6-15(14)26(20)3)21-18(28)9-7-16-23-24-17-8-10-19(29-4)25-27(16)17/h5-6,8,10-12H,7,9H2,1-4H3,(H,21,28). The fourth-order valence-corrected chi connectivity index (χ4v) is 3.34. The van der Waals surface area contributed by atoms with E-state index in [-0.39, 0.29) is 12.3 Å². The van der Waals surface area contributed by atoms with E-state index >= 15 is 0 Å². The number of methoxy groups -OCH3 is 1. The molecule has 0 fully saturated rings. The summed E-state index contributed by atoms with van der Waals surface area (Å²) < 4.78 is 8.82. The molecule has 0 unspecified atom stereocenters. The maximum atomic E-state index is 12.4. The molecule has 3 aromatic heterocycles. The minimum Gasteiger partial charge on any atom is -0.480 e. The summed E-state index contributed by atoms with van der Waals surface area (Å²) in [6.07, 6.45) is 0.674. The average molecular weight is 393 g/mol. The second kappa shape index (κ2) is 7.50. The van der Waals surface area contributed by atoms with Gasteiger partial charge in [-0.3, -0.25) is 4.79 Å². The first-order chi connectivity index (χ1) is 14.0. The van der Waals surface area contributed by atoms with Crippen LogP contribution in [0.2, 0.25) is 0 Å². The Kier molecular flexibility index (Phi) is 4.87. The first-order valence-electron chi connectivity index (χ1n) is 9.48. The van der Waals surface area contributed by atoms with Crippen molar-refractivity contribution in [2.45, 2.75) is 32.6 Å². The Morgan fingerprint density at radius 1 is 1.21 bits per heavy atom. The molecule has 1 N–H and O–H groups in total. The Morgan fingerprint density at radius 2 is 2.03 bits per heavy atom. The molecule has 4 rings (SSSR count). The van der Waals surface area contributed by atoms with Crippen LogP contribution in [0.15, 0.2) is 30.3 Å². The number of carbonyl (C=O) groups is 1. The average Bonchev–Trinajstić information content (AvgIpc) is 3.26. The van der Waals surface area contributed by atoms with Gasteiger partial charge in [0, 0.05) is 37.6 Å². The summed E-state index contributed by atoms with van der Waals surface area (Å²) in [5, 5.41) is 15.4. The van der Waals surface area contributed by atoms with Crippen molar-refractivity contribution in [1.29, 1.82) is 0 Å². The summed E-state index contributed by atoms with van der Waals surface area (Å²) in [5.74, 6) is 2.31. The predicted molar refractivity (Wildman–Crippen MR) is 109 cm³/mol. The van der Waals surface area contributed by atoms with Crippen LogP contribution >= 0.6 is 0 Å². The molecular weight excluding hydrogens is 370 g/mol. The number of nitrogens with one attached hydrogen (secondary N) is 1. The zero-order valence-electron chi connectivity index (χ0n) is 16.9. The monoisotopic (exact) mass is 393 g/mol. The number of carbonyl (C=O) groups excluding carboxylic acids is 1. The zero-order valence-corrected chi connectivity index (χ0v) is 16.9. The molecule has 0 saturated heterocycles. The van der Waals surface area contributed by atoms with Crippen LogP contribution in [-0.4, -0.2) is 42.4 Å². The number of nitrogens with zero attached hydrogens (tertiary/aromatic N) is 6. The number of aromatic nitrogens is 6. The fourth-order valence-electron chi connectivity index (χ4n) is 3.34. The molecule has 3 heterocycles. The lowest BCUT2D eigenvalue weighted by Crippen LogP contribution is -2.13. The maximum Gasteiger partial charge on any atom is 0.231 e. The molecule has 0 spiro atoms. The number of fused-ring (bicyclic) bond motifs is 2. The normalized spacial score (nSPS) is 11.5. The number of hydrogen-bond acceptors (Lipinski definition) is 6. The van der Waals surface area contributed by atoms with Crippen molar-refractivity contribution in [1.82, 2.24) is 29.4 Å². The summed E-state index contributed by atoms with van der Waals surface area (Å²) in [7, 11) is 3.56. The Balaban J connectivity index is 1.46. The Hall–Kier alpha value is -3.49. The van der Waals surface area contributed by atoms with Crippen molar-refractivity contribution in [3.8, 4) is 5.88 Å². The summed E-state index contributed by atoms with van der Waals surface area (Å²) in [6, 6.07) is 9.27. The van der Waals surface area contributed by atoms with E-state index in [0.717, 1.165) is 22.5 Å². The lowest BCUT2D eigenvalue weighted by Gasteiger charge is -2.06. The molecule has 0 atom stereocenters. The first kappa shape index (κ1) is 18.9. The van der Waals surface area contributed by atoms with Crippen LogP contribution in [0.25, 0.3) is 16.7 Å². The maximum absolute atomic E-state index is 12.4. The van der Waals surface area contributed by atoms with Gasteiger partial charge < -0.3 is 14.6 Å². The van der Waals surface area contributed by atoms with E-state index < -0.39 is 0 Å². The summed E-state index contributed by atoms with van der Waals surface area (Å²) in [4.78, 5) is 17.1. The molecule has 150 valence electrons. The number of benzene rings is 1. The molecule has 9 nitrogen and oxygen atoms in total. The molecule has 4 aromatic rings. The molecular formula is C20H23N7O2. The quantitative estimate of drug-likeness (QED) is 0.541. The van der Waals surface area contributed by atoms with Crippen LogP contribution in [0.5, 0.6) is 5.88 Å². The van der Waals surface area contributed by atoms with E-state index in [1.165, 1.54) is 0 Å². The minimum absolute atomic E-state index is 0.107. The Morgan fingerprint density at radius 3 is 2.79 bits per heavy atom. The summed E-state index contributed by atoms with van der Waals surface area (Å²) in [5.41, 5.74) is 3.25. The van der Waals surface area contributed by atoms with Gasteiger partial charge >= 0.3 is 0 Å². The molecule has 0 aliphatic heterocycles. The molecule has 1 aromatic carbocycles. The van der Waals surface area contributed by atoms with Gasteiger partial charge in [-0.05, 0) is 24.3 Å². The van der Waals surface area contributed by atoms with Gasteiger partial charge in [-0.15, -0.1) is 15.3 Å². The van der Waals surface area contributed by atoms with Gasteiger partial charge in [-0.1, -0.05) is 13.8 Å². The molecule has 0 bridgehead atoms. The third-order valence-electron chi connectivity index (χ3n) is 4.80. The topological polar surface area (TPSA) is 99.2 Å². The van der Waals surface area contributed by atoms with Crippen LogP contribution in [0.3, 0.4) is 0 Å². The second-order valence-electron chi connectivity index (χ2n) is 7.20. The number of anilines is 1. The number of aryl methyl sites for hydroxylation is 2. The van der Waals surface area contributed by atoms with Crippen molar-refractivity contribution >= 4 is 28.3 Å². The van der Waals surface area contributed by atoms with Gasteiger partial charge in [0.1, 0.15) is 5.82 Å². The first-order valence-corrected chi connectivity index (χ1v) is 9.48. The fraction of sp³-hybridized carbons (Fsp3) is 0.350. The van der Waals surface area contributed by atoms with E-state index in [4.69, 9.17) is 4.74 Å². The van der Waals surface area contributed by atoms with Crippen LogP contribution < -0.4 is 10.1 Å². The smallest absolute Gasteiger partial charge is 0.231 e. The van der Waals surface area contributed by atoms with E-state index in [0.29, 0.717) is 29.7 Å². The summed E-state index contributed by atoms with van der Waals surface area (Å²) in [6.45, 7) is 4.23. The third kappa shape index (κ3) is 3.63. The Bertz CT molecular complexity index is 1190. The van der Waals surface area contributed by atoms with E-state index in [1.807, 2.05) is 25.2 Å². The minimum atomic E-state index is -0.107. The Labute approximate surface area is 167 Å². The highest BCUT2D eigenvalue weighted by molar-refractivity contribution is 5.93. The third-order valence-corrected chi connectivity index (χ3v) is 4.80. The van der Waals surface area contributed by atoms with Crippen molar-refractivity contribution in [3.63, 3.8) is 0 Å². The number of amides is 1. The molecule has 0 aliphatic carbocycles. The zero-order chi connectivity index (χ0) is 20.5. The van der Waals surface area contributed by atoms with E-state index in [1.54, 1.807) is 23.8 Å². The molecule has 0 radical (unpaired) electrons. The lowest BCUT2D eigenvalue weighted by atomic mass is 10.2. The SMILES string of the molecule is COc1ccc2nnc(CCC(=O)Nc3ccc4c(c3)nc(C(C)C)n4C)n2n1. The largest absolute Gasteiger partial charge is 0.480 e. The second-order valence-corrected chi connectivity index (χ2v) is 7.20. The van der Waals surface area contributed by atoms with Gasteiger partial charge in [-0.2, -0.15) is 4.52 Å². The van der Waals surface area contributed by atoms with E-state index in [9.17, 15) is 4.79 Å². The van der Waals surface area contributed by atoms with E-state index in [2.05, 4.69) is 44.0 Å². The number of imidazole rings is 1. The highest BCUT2D eigenvalue weighted by Gasteiger charge is 2.13. The van der Waals surface area contributed by atoms with Gasteiger partial charge in [-0.25, -0.2) is 4.98 Å². The molecule has 0 saturated carbocycles. The number of ether oxygens (including phenoxy) is 1. The highest BCUT2D eigenvalue weighted by Crippen LogP contribution is 2.23. The van der Waals surface area contributed by atoms with Crippen LogP contribution in [0.1, 0.15) is 37.8 Å². The predicted octanol–water partition coefficient (Wildman–Crippen LogP) is 2.71.